The fourth-order valence-corrected chi connectivity index (χ4v) is 2.81. The number of hydrogen-bond donors (Lipinski definition) is 2. The van der Waals surface area contributed by atoms with E-state index in [4.69, 9.17) is 5.73 Å². The van der Waals surface area contributed by atoms with Crippen LogP contribution in [0.15, 0.2) is 12.1 Å². The molecule has 20 heavy (non-hydrogen) atoms. The van der Waals surface area contributed by atoms with Crippen molar-refractivity contribution in [1.29, 1.82) is 0 Å². The average Bonchev–Trinajstić information content (AvgIpc) is 2.68. The van der Waals surface area contributed by atoms with Crippen LogP contribution in [0, 0.1) is 6.92 Å². The number of carboxylic acids is 1. The Balaban J connectivity index is 2.78. The topological polar surface area (TPSA) is 68.2 Å². The number of fused-ring (bicyclic) bond motifs is 1. The fraction of sp³-hybridized carbons (Fsp3) is 0.438. The molecule has 4 heteroatoms. The lowest BCUT2D eigenvalue weighted by molar-refractivity contribution is 0.0698. The summed E-state index contributed by atoms with van der Waals surface area (Å²) in [7, 11) is 1.93. The van der Waals surface area contributed by atoms with Gasteiger partial charge >= 0.3 is 5.97 Å². The Labute approximate surface area is 119 Å². The molecule has 0 aliphatic rings. The van der Waals surface area contributed by atoms with Gasteiger partial charge in [-0.15, -0.1) is 0 Å². The van der Waals surface area contributed by atoms with Crippen molar-refractivity contribution in [1.82, 2.24) is 4.57 Å². The molecule has 1 aromatic carbocycles. The van der Waals surface area contributed by atoms with Crippen LogP contribution in [-0.4, -0.2) is 22.2 Å². The minimum absolute atomic E-state index is 0.393. The Morgan fingerprint density at radius 1 is 1.40 bits per heavy atom. The SMILES string of the molecule is CCc1cc(C(=O)O)c2c(c1)c(CCCN)c(C)n2C. The molecule has 0 atom stereocenters. The van der Waals surface area contributed by atoms with Gasteiger partial charge in [0, 0.05) is 18.1 Å². The number of aryl methyl sites for hydroxylation is 3. The van der Waals surface area contributed by atoms with E-state index in [0.29, 0.717) is 12.1 Å². The Bertz CT molecular complexity index is 656. The molecule has 0 aliphatic heterocycles. The van der Waals surface area contributed by atoms with Gasteiger partial charge in [-0.05, 0) is 56.0 Å². The molecule has 0 fully saturated rings. The van der Waals surface area contributed by atoms with E-state index in [9.17, 15) is 9.90 Å². The maximum Gasteiger partial charge on any atom is 0.337 e. The zero-order valence-electron chi connectivity index (χ0n) is 12.4. The van der Waals surface area contributed by atoms with Gasteiger partial charge in [-0.3, -0.25) is 0 Å². The summed E-state index contributed by atoms with van der Waals surface area (Å²) in [5, 5.41) is 10.5. The normalized spacial score (nSPS) is 11.2. The Kier molecular flexibility index (Phi) is 4.14. The van der Waals surface area contributed by atoms with E-state index < -0.39 is 5.97 Å². The van der Waals surface area contributed by atoms with Gasteiger partial charge in [0.25, 0.3) is 0 Å². The van der Waals surface area contributed by atoms with E-state index >= 15 is 0 Å². The molecule has 4 nitrogen and oxygen atoms in total. The molecule has 0 unspecified atom stereocenters. The Hall–Kier alpha value is -1.81. The number of hydrogen-bond acceptors (Lipinski definition) is 2. The van der Waals surface area contributed by atoms with Crippen LogP contribution in [-0.2, 0) is 19.9 Å². The smallest absolute Gasteiger partial charge is 0.337 e. The van der Waals surface area contributed by atoms with Gasteiger partial charge in [0.2, 0.25) is 0 Å². The predicted octanol–water partition coefficient (Wildman–Crippen LogP) is 2.64. The van der Waals surface area contributed by atoms with Gasteiger partial charge < -0.3 is 15.4 Å². The highest BCUT2D eigenvalue weighted by atomic mass is 16.4. The molecule has 0 amide bonds. The van der Waals surface area contributed by atoms with Crippen molar-refractivity contribution < 1.29 is 9.90 Å². The van der Waals surface area contributed by atoms with E-state index in [-0.39, 0.29) is 0 Å². The number of aromatic carboxylic acids is 1. The number of nitrogens with zero attached hydrogens (tertiary/aromatic N) is 1. The number of carboxylic acid groups (broad SMARTS) is 1. The minimum Gasteiger partial charge on any atom is -0.478 e. The van der Waals surface area contributed by atoms with E-state index in [1.807, 2.05) is 25.5 Å². The highest BCUT2D eigenvalue weighted by Gasteiger charge is 2.18. The third-order valence-electron chi connectivity index (χ3n) is 4.04. The second-order valence-corrected chi connectivity index (χ2v) is 5.21. The lowest BCUT2D eigenvalue weighted by Gasteiger charge is -2.06. The fourth-order valence-electron chi connectivity index (χ4n) is 2.81. The average molecular weight is 274 g/mol. The molecule has 0 spiro atoms. The Morgan fingerprint density at radius 2 is 2.10 bits per heavy atom. The quantitative estimate of drug-likeness (QED) is 0.880. The molecule has 0 radical (unpaired) electrons. The first-order chi connectivity index (χ1) is 9.51. The van der Waals surface area contributed by atoms with Crippen molar-refractivity contribution >= 4 is 16.9 Å². The molecule has 108 valence electrons. The van der Waals surface area contributed by atoms with Gasteiger partial charge in [0.1, 0.15) is 0 Å². The van der Waals surface area contributed by atoms with Crippen molar-refractivity contribution in [2.45, 2.75) is 33.1 Å². The molecule has 0 bridgehead atoms. The van der Waals surface area contributed by atoms with Gasteiger partial charge in [-0.2, -0.15) is 0 Å². The lowest BCUT2D eigenvalue weighted by Crippen LogP contribution is -2.02. The van der Waals surface area contributed by atoms with Crippen LogP contribution in [0.25, 0.3) is 10.9 Å². The summed E-state index contributed by atoms with van der Waals surface area (Å²) in [5.74, 6) is -0.865. The summed E-state index contributed by atoms with van der Waals surface area (Å²) in [4.78, 5) is 11.5. The van der Waals surface area contributed by atoms with Crippen LogP contribution in [0.5, 0.6) is 0 Å². The lowest BCUT2D eigenvalue weighted by atomic mass is 10.00. The third kappa shape index (κ3) is 2.31. The highest BCUT2D eigenvalue weighted by molar-refractivity contribution is 6.04. The molecule has 0 aliphatic carbocycles. The summed E-state index contributed by atoms with van der Waals surface area (Å²) in [6.45, 7) is 4.74. The summed E-state index contributed by atoms with van der Waals surface area (Å²) < 4.78 is 1.99. The minimum atomic E-state index is -0.865. The van der Waals surface area contributed by atoms with Crippen LogP contribution in [0.3, 0.4) is 0 Å². The second kappa shape index (κ2) is 5.67. The zero-order valence-corrected chi connectivity index (χ0v) is 12.4. The monoisotopic (exact) mass is 274 g/mol. The van der Waals surface area contributed by atoms with E-state index in [0.717, 1.165) is 41.4 Å². The Morgan fingerprint density at radius 3 is 2.65 bits per heavy atom. The van der Waals surface area contributed by atoms with Gasteiger partial charge in [0.05, 0.1) is 11.1 Å². The molecular weight excluding hydrogens is 252 g/mol. The number of benzene rings is 1. The molecule has 1 heterocycles. The first-order valence-corrected chi connectivity index (χ1v) is 7.05. The van der Waals surface area contributed by atoms with Gasteiger partial charge in [-0.25, -0.2) is 4.79 Å². The molecule has 1 aromatic heterocycles. The van der Waals surface area contributed by atoms with E-state index in [1.54, 1.807) is 6.07 Å². The summed E-state index contributed by atoms with van der Waals surface area (Å²) in [6, 6.07) is 3.91. The highest BCUT2D eigenvalue weighted by Crippen LogP contribution is 2.30. The van der Waals surface area contributed by atoms with E-state index in [2.05, 4.69) is 6.07 Å². The molecule has 0 saturated heterocycles. The molecule has 3 N–H and O–H groups in total. The second-order valence-electron chi connectivity index (χ2n) is 5.21. The summed E-state index contributed by atoms with van der Waals surface area (Å²) >= 11 is 0. The standard InChI is InChI=1S/C16H22N2O2/c1-4-11-8-13-12(6-5-7-17)10(2)18(3)15(13)14(9-11)16(19)20/h8-9H,4-7,17H2,1-3H3,(H,19,20). The number of carbonyl (C=O) groups is 1. The van der Waals surface area contributed by atoms with Crippen LogP contribution >= 0.6 is 0 Å². The van der Waals surface area contributed by atoms with Crippen molar-refractivity contribution in [3.63, 3.8) is 0 Å². The maximum absolute atomic E-state index is 11.5. The predicted molar refractivity (Wildman–Crippen MR) is 81.4 cm³/mol. The van der Waals surface area contributed by atoms with Crippen LogP contribution < -0.4 is 5.73 Å². The van der Waals surface area contributed by atoms with Crippen molar-refractivity contribution in [2.75, 3.05) is 6.54 Å². The van der Waals surface area contributed by atoms with Gasteiger partial charge in [0.15, 0.2) is 0 Å². The molecule has 2 aromatic rings. The van der Waals surface area contributed by atoms with Crippen molar-refractivity contribution in [3.05, 3.63) is 34.5 Å². The summed E-state index contributed by atoms with van der Waals surface area (Å²) in [5.41, 5.74) is 10.2. The third-order valence-corrected chi connectivity index (χ3v) is 4.04. The van der Waals surface area contributed by atoms with Gasteiger partial charge in [-0.1, -0.05) is 6.92 Å². The molecule has 2 rings (SSSR count). The molecular formula is C16H22N2O2. The van der Waals surface area contributed by atoms with Crippen molar-refractivity contribution in [3.8, 4) is 0 Å². The van der Waals surface area contributed by atoms with E-state index in [1.165, 1.54) is 5.56 Å². The van der Waals surface area contributed by atoms with Crippen LogP contribution in [0.2, 0.25) is 0 Å². The first-order valence-electron chi connectivity index (χ1n) is 7.05. The number of aromatic nitrogens is 1. The number of rotatable bonds is 5. The first kappa shape index (κ1) is 14.6. The largest absolute Gasteiger partial charge is 0.478 e. The zero-order chi connectivity index (χ0) is 14.9. The van der Waals surface area contributed by atoms with Crippen LogP contribution in [0.4, 0.5) is 0 Å². The summed E-state index contributed by atoms with van der Waals surface area (Å²) in [6.07, 6.45) is 2.64. The number of nitrogens with two attached hydrogens (primary N) is 1. The van der Waals surface area contributed by atoms with Crippen molar-refractivity contribution in [2.24, 2.45) is 12.8 Å². The molecule has 0 saturated carbocycles. The van der Waals surface area contributed by atoms with Crippen LogP contribution in [0.1, 0.15) is 40.5 Å². The maximum atomic E-state index is 11.5.